The third kappa shape index (κ3) is 2.92. The van der Waals surface area contributed by atoms with Gasteiger partial charge in [0.25, 0.3) is 0 Å². The molecule has 3 heteroatoms. The van der Waals surface area contributed by atoms with E-state index in [0.717, 1.165) is 18.4 Å². The summed E-state index contributed by atoms with van der Waals surface area (Å²) in [6, 6.07) is 4.39. The zero-order valence-electron chi connectivity index (χ0n) is 11.9. The molecule has 3 rings (SSSR count). The van der Waals surface area contributed by atoms with E-state index in [-0.39, 0.29) is 0 Å². The smallest absolute Gasteiger partial charge is 0.128 e. The Labute approximate surface area is 116 Å². The maximum atomic E-state index is 4.64. The molecule has 0 aromatic carbocycles. The first-order chi connectivity index (χ1) is 9.36. The molecule has 0 bridgehead atoms. The number of rotatable bonds is 3. The van der Waals surface area contributed by atoms with E-state index in [1.807, 2.05) is 13.2 Å². The Balaban J connectivity index is 1.65. The van der Waals surface area contributed by atoms with E-state index in [1.54, 1.807) is 0 Å². The topological polar surface area (TPSA) is 28.2 Å². The summed E-state index contributed by atoms with van der Waals surface area (Å²) in [6.45, 7) is 3.32. The van der Waals surface area contributed by atoms with Crippen LogP contribution in [0.2, 0.25) is 0 Å². The Bertz CT molecular complexity index is 401. The Morgan fingerprint density at radius 2 is 2.05 bits per heavy atom. The van der Waals surface area contributed by atoms with Gasteiger partial charge in [0.15, 0.2) is 0 Å². The Kier molecular flexibility index (Phi) is 4.02. The van der Waals surface area contributed by atoms with Crippen molar-refractivity contribution in [3.05, 3.63) is 23.9 Å². The van der Waals surface area contributed by atoms with Crippen LogP contribution >= 0.6 is 0 Å². The largest absolute Gasteiger partial charge is 0.356 e. The van der Waals surface area contributed by atoms with Crippen LogP contribution in [0.4, 0.5) is 5.82 Å². The van der Waals surface area contributed by atoms with Gasteiger partial charge in [0.05, 0.1) is 0 Å². The predicted octanol–water partition coefficient (Wildman–Crippen LogP) is 2.82. The quantitative estimate of drug-likeness (QED) is 0.904. The molecule has 1 aliphatic carbocycles. The fraction of sp³-hybridized carbons (Fsp3) is 0.688. The number of nitrogens with one attached hydrogen (secondary N) is 1. The van der Waals surface area contributed by atoms with Crippen molar-refractivity contribution in [3.8, 4) is 0 Å². The van der Waals surface area contributed by atoms with E-state index in [2.05, 4.69) is 27.3 Å². The van der Waals surface area contributed by atoms with Gasteiger partial charge in [-0.2, -0.15) is 0 Å². The minimum Gasteiger partial charge on any atom is -0.356 e. The molecule has 2 unspecified atom stereocenters. The second-order valence-electron chi connectivity index (χ2n) is 6.09. The lowest BCUT2D eigenvalue weighted by Gasteiger charge is -2.41. The van der Waals surface area contributed by atoms with E-state index < -0.39 is 0 Å². The average molecular weight is 259 g/mol. The van der Waals surface area contributed by atoms with Crippen molar-refractivity contribution in [3.63, 3.8) is 0 Å². The van der Waals surface area contributed by atoms with E-state index in [1.165, 1.54) is 56.6 Å². The highest BCUT2D eigenvalue weighted by molar-refractivity contribution is 5.40. The van der Waals surface area contributed by atoms with Crippen LogP contribution in [0.3, 0.4) is 0 Å². The van der Waals surface area contributed by atoms with E-state index in [4.69, 9.17) is 0 Å². The molecule has 1 saturated carbocycles. The zero-order valence-corrected chi connectivity index (χ0v) is 11.9. The summed E-state index contributed by atoms with van der Waals surface area (Å²) in [6.07, 6.45) is 9.16. The summed E-state index contributed by atoms with van der Waals surface area (Å²) in [5.41, 5.74) is 1.26. The normalized spacial score (nSPS) is 27.1. The number of aromatic nitrogens is 1. The summed E-state index contributed by atoms with van der Waals surface area (Å²) < 4.78 is 0. The van der Waals surface area contributed by atoms with Crippen molar-refractivity contribution in [1.29, 1.82) is 0 Å². The van der Waals surface area contributed by atoms with Gasteiger partial charge >= 0.3 is 0 Å². The van der Waals surface area contributed by atoms with Gasteiger partial charge in [0, 0.05) is 25.8 Å². The minimum atomic E-state index is 0.901. The van der Waals surface area contributed by atoms with Crippen molar-refractivity contribution < 1.29 is 0 Å². The maximum absolute atomic E-state index is 4.64. The first kappa shape index (κ1) is 12.9. The van der Waals surface area contributed by atoms with E-state index in [9.17, 15) is 0 Å². The van der Waals surface area contributed by atoms with Crippen LogP contribution in [-0.4, -0.2) is 25.1 Å². The number of nitrogens with zero attached hydrogens (tertiary/aromatic N) is 2. The molecule has 2 heterocycles. The zero-order chi connectivity index (χ0) is 13.1. The molecule has 0 amide bonds. The second kappa shape index (κ2) is 5.91. The van der Waals surface area contributed by atoms with Gasteiger partial charge in [-0.3, -0.25) is 0 Å². The molecule has 0 radical (unpaired) electrons. The molecule has 0 spiro atoms. The molecule has 2 aliphatic rings. The van der Waals surface area contributed by atoms with Crippen molar-refractivity contribution in [1.82, 2.24) is 10.3 Å². The van der Waals surface area contributed by atoms with Gasteiger partial charge in [-0.1, -0.05) is 25.3 Å². The molecule has 104 valence electrons. The van der Waals surface area contributed by atoms with Crippen LogP contribution in [0.25, 0.3) is 0 Å². The Hall–Kier alpha value is -1.09. The first-order valence-electron chi connectivity index (χ1n) is 7.71. The summed E-state index contributed by atoms with van der Waals surface area (Å²) in [5.74, 6) is 3.08. The standard InChI is InChI=1S/C16H25N3/c1-17-10-13-6-7-16(18-11-13)19-9-8-14-4-2-3-5-15(14)12-19/h6-7,11,14-15,17H,2-5,8-10,12H2,1H3. The summed E-state index contributed by atoms with van der Waals surface area (Å²) in [4.78, 5) is 7.14. The number of hydrogen-bond donors (Lipinski definition) is 1. The second-order valence-corrected chi connectivity index (χ2v) is 6.09. The van der Waals surface area contributed by atoms with Gasteiger partial charge in [-0.05, 0) is 43.4 Å². The van der Waals surface area contributed by atoms with Crippen LogP contribution in [0.1, 0.15) is 37.7 Å². The molecule has 19 heavy (non-hydrogen) atoms. The van der Waals surface area contributed by atoms with Gasteiger partial charge in [0.2, 0.25) is 0 Å². The predicted molar refractivity (Wildman–Crippen MR) is 79.3 cm³/mol. The van der Waals surface area contributed by atoms with E-state index >= 15 is 0 Å². The van der Waals surface area contributed by atoms with Gasteiger partial charge < -0.3 is 10.2 Å². The molecular formula is C16H25N3. The van der Waals surface area contributed by atoms with Crippen LogP contribution in [-0.2, 0) is 6.54 Å². The van der Waals surface area contributed by atoms with Gasteiger partial charge in [-0.15, -0.1) is 0 Å². The van der Waals surface area contributed by atoms with Crippen molar-refractivity contribution in [2.75, 3.05) is 25.0 Å². The lowest BCUT2D eigenvalue weighted by Crippen LogP contribution is -2.42. The van der Waals surface area contributed by atoms with Crippen LogP contribution in [0, 0.1) is 11.8 Å². The maximum Gasteiger partial charge on any atom is 0.128 e. The molecule has 1 aromatic heterocycles. The van der Waals surface area contributed by atoms with Gasteiger partial charge in [0.1, 0.15) is 5.82 Å². The van der Waals surface area contributed by atoms with Crippen LogP contribution in [0.5, 0.6) is 0 Å². The average Bonchev–Trinajstić information content (AvgIpc) is 2.48. The third-order valence-corrected chi connectivity index (χ3v) is 4.81. The lowest BCUT2D eigenvalue weighted by atomic mass is 9.75. The Morgan fingerprint density at radius 3 is 2.79 bits per heavy atom. The molecule has 1 aromatic rings. The number of fused-ring (bicyclic) bond motifs is 1. The number of anilines is 1. The van der Waals surface area contributed by atoms with Crippen molar-refractivity contribution >= 4 is 5.82 Å². The highest BCUT2D eigenvalue weighted by Gasteiger charge is 2.31. The monoisotopic (exact) mass is 259 g/mol. The molecule has 1 aliphatic heterocycles. The van der Waals surface area contributed by atoms with Crippen molar-refractivity contribution in [2.45, 2.75) is 38.6 Å². The minimum absolute atomic E-state index is 0.901. The summed E-state index contributed by atoms with van der Waals surface area (Å²) >= 11 is 0. The number of piperidine rings is 1. The highest BCUT2D eigenvalue weighted by Crippen LogP contribution is 2.37. The molecule has 2 atom stereocenters. The highest BCUT2D eigenvalue weighted by atomic mass is 15.2. The van der Waals surface area contributed by atoms with E-state index in [0.29, 0.717) is 0 Å². The fourth-order valence-electron chi connectivity index (χ4n) is 3.72. The third-order valence-electron chi connectivity index (χ3n) is 4.81. The molecule has 1 N–H and O–H groups in total. The number of pyridine rings is 1. The molecule has 1 saturated heterocycles. The van der Waals surface area contributed by atoms with Crippen molar-refractivity contribution in [2.24, 2.45) is 11.8 Å². The number of hydrogen-bond acceptors (Lipinski definition) is 3. The summed E-state index contributed by atoms with van der Waals surface area (Å²) in [5, 5.41) is 3.17. The molecule has 2 fully saturated rings. The molecular weight excluding hydrogens is 234 g/mol. The first-order valence-corrected chi connectivity index (χ1v) is 7.71. The Morgan fingerprint density at radius 1 is 1.21 bits per heavy atom. The van der Waals surface area contributed by atoms with Gasteiger partial charge in [-0.25, -0.2) is 4.98 Å². The van der Waals surface area contributed by atoms with Crippen LogP contribution < -0.4 is 10.2 Å². The SMILES string of the molecule is CNCc1ccc(N2CCC3CCCCC3C2)nc1. The fourth-order valence-corrected chi connectivity index (χ4v) is 3.72. The lowest BCUT2D eigenvalue weighted by molar-refractivity contribution is 0.202. The molecule has 3 nitrogen and oxygen atoms in total. The summed E-state index contributed by atoms with van der Waals surface area (Å²) in [7, 11) is 1.97. The van der Waals surface area contributed by atoms with Crippen LogP contribution in [0.15, 0.2) is 18.3 Å².